The van der Waals surface area contributed by atoms with Gasteiger partial charge in [0.2, 0.25) is 0 Å². The molecule has 15 heavy (non-hydrogen) atoms. The maximum absolute atomic E-state index is 11.5. The van der Waals surface area contributed by atoms with E-state index in [9.17, 15) is 9.59 Å². The van der Waals surface area contributed by atoms with Crippen molar-refractivity contribution < 1.29 is 0 Å². The molecule has 0 amide bonds. The summed E-state index contributed by atoms with van der Waals surface area (Å²) in [6, 6.07) is 0. The summed E-state index contributed by atoms with van der Waals surface area (Å²) in [7, 11) is 3.25. The first kappa shape index (κ1) is 9.38. The van der Waals surface area contributed by atoms with Crippen molar-refractivity contribution in [2.24, 2.45) is 14.1 Å². The van der Waals surface area contributed by atoms with Gasteiger partial charge in [-0.25, -0.2) is 4.79 Å². The van der Waals surface area contributed by atoms with Gasteiger partial charge in [-0.3, -0.25) is 14.5 Å². The zero-order valence-corrected chi connectivity index (χ0v) is 8.26. The van der Waals surface area contributed by atoms with Gasteiger partial charge >= 0.3 is 5.69 Å². The molecule has 2 aromatic rings. The summed E-state index contributed by atoms with van der Waals surface area (Å²) in [5, 5.41) is 7.51. The highest BCUT2D eigenvalue weighted by molar-refractivity contribution is 5.54. The van der Waals surface area contributed by atoms with Crippen LogP contribution in [0.25, 0.3) is 11.3 Å². The molecular formula is C8H9N5O2. The van der Waals surface area contributed by atoms with E-state index in [1.807, 2.05) is 0 Å². The molecule has 0 aliphatic carbocycles. The monoisotopic (exact) mass is 207 g/mol. The highest BCUT2D eigenvalue weighted by Crippen LogP contribution is 2.07. The Balaban J connectivity index is 2.68. The predicted molar refractivity (Wildman–Crippen MR) is 52.3 cm³/mol. The van der Waals surface area contributed by atoms with Gasteiger partial charge in [-0.1, -0.05) is 5.21 Å². The number of aryl methyl sites for hydroxylation is 2. The quantitative estimate of drug-likeness (QED) is 0.641. The normalized spacial score (nSPS) is 10.5. The van der Waals surface area contributed by atoms with Crippen molar-refractivity contribution in [2.75, 3.05) is 0 Å². The average Bonchev–Trinajstić information content (AvgIpc) is 2.58. The van der Waals surface area contributed by atoms with E-state index in [1.165, 1.54) is 15.4 Å². The van der Waals surface area contributed by atoms with Gasteiger partial charge < -0.3 is 4.57 Å². The fourth-order valence-corrected chi connectivity index (χ4v) is 1.22. The van der Waals surface area contributed by atoms with E-state index in [4.69, 9.17) is 0 Å². The third-order valence-corrected chi connectivity index (χ3v) is 1.99. The Kier molecular flexibility index (Phi) is 2.00. The average molecular weight is 207 g/mol. The summed E-state index contributed by atoms with van der Waals surface area (Å²) in [6.45, 7) is 0. The Labute approximate surface area is 84.0 Å². The second-order valence-corrected chi connectivity index (χ2v) is 3.19. The van der Waals surface area contributed by atoms with Gasteiger partial charge in [-0.05, 0) is 0 Å². The summed E-state index contributed by atoms with van der Waals surface area (Å²) in [5.41, 5.74) is -0.147. The molecule has 0 bridgehead atoms. The minimum Gasteiger partial charge on any atom is -0.303 e. The van der Waals surface area contributed by atoms with Gasteiger partial charge in [-0.15, -0.1) is 5.10 Å². The summed E-state index contributed by atoms with van der Waals surface area (Å²) in [5.74, 6) is 0. The Morgan fingerprint density at radius 3 is 2.60 bits per heavy atom. The van der Waals surface area contributed by atoms with Crippen LogP contribution >= 0.6 is 0 Å². The lowest BCUT2D eigenvalue weighted by atomic mass is 10.2. The number of H-pyrrole nitrogens is 1. The molecule has 0 spiro atoms. The molecule has 7 heteroatoms. The number of aromatic amines is 1. The molecule has 0 radical (unpaired) electrons. The molecule has 7 nitrogen and oxygen atoms in total. The van der Waals surface area contributed by atoms with E-state index in [0.29, 0.717) is 11.3 Å². The van der Waals surface area contributed by atoms with Crippen LogP contribution in [-0.2, 0) is 14.1 Å². The van der Waals surface area contributed by atoms with E-state index in [-0.39, 0.29) is 0 Å². The number of hydrogen-bond acceptors (Lipinski definition) is 4. The molecule has 78 valence electrons. The molecule has 0 atom stereocenters. The molecule has 2 aromatic heterocycles. The minimum atomic E-state index is -0.460. The number of hydrogen-bond donors (Lipinski definition) is 1. The lowest BCUT2D eigenvalue weighted by molar-refractivity contribution is 0.715. The summed E-state index contributed by atoms with van der Waals surface area (Å²) in [6.07, 6.45) is 3.04. The van der Waals surface area contributed by atoms with Crippen LogP contribution in [0.4, 0.5) is 0 Å². The second-order valence-electron chi connectivity index (χ2n) is 3.19. The molecule has 2 rings (SSSR count). The highest BCUT2D eigenvalue weighted by Gasteiger charge is 2.08. The van der Waals surface area contributed by atoms with Crippen molar-refractivity contribution in [3.05, 3.63) is 33.2 Å². The minimum absolute atomic E-state index is 0.324. The molecule has 0 aliphatic rings. The maximum atomic E-state index is 11.5. The molecule has 0 unspecified atom stereocenters. The fourth-order valence-electron chi connectivity index (χ4n) is 1.22. The Bertz CT molecular complexity index is 606. The van der Waals surface area contributed by atoms with E-state index in [0.717, 1.165) is 0 Å². The van der Waals surface area contributed by atoms with E-state index < -0.39 is 11.2 Å². The van der Waals surface area contributed by atoms with Gasteiger partial charge in [0.25, 0.3) is 5.56 Å². The summed E-state index contributed by atoms with van der Waals surface area (Å²) in [4.78, 5) is 24.7. The van der Waals surface area contributed by atoms with Crippen molar-refractivity contribution in [1.29, 1.82) is 0 Å². The van der Waals surface area contributed by atoms with Crippen molar-refractivity contribution >= 4 is 0 Å². The second kappa shape index (κ2) is 3.19. The van der Waals surface area contributed by atoms with Crippen LogP contribution in [-0.4, -0.2) is 24.5 Å². The van der Waals surface area contributed by atoms with E-state index in [2.05, 4.69) is 15.3 Å². The molecule has 0 saturated carbocycles. The first-order valence-electron chi connectivity index (χ1n) is 4.24. The van der Waals surface area contributed by atoms with Gasteiger partial charge in [0.1, 0.15) is 5.69 Å². The molecular weight excluding hydrogens is 198 g/mol. The van der Waals surface area contributed by atoms with Crippen molar-refractivity contribution in [2.45, 2.75) is 0 Å². The topological polar surface area (TPSA) is 85.6 Å². The molecule has 0 fully saturated rings. The van der Waals surface area contributed by atoms with Gasteiger partial charge in [0.05, 0.1) is 11.8 Å². The van der Waals surface area contributed by atoms with Crippen LogP contribution in [0.5, 0.6) is 0 Å². The third kappa shape index (κ3) is 1.58. The van der Waals surface area contributed by atoms with Gasteiger partial charge in [0, 0.05) is 20.3 Å². The third-order valence-electron chi connectivity index (χ3n) is 1.99. The van der Waals surface area contributed by atoms with Gasteiger partial charge in [-0.2, -0.15) is 0 Å². The lowest BCUT2D eigenvalue weighted by Crippen LogP contribution is -2.28. The van der Waals surface area contributed by atoms with Crippen LogP contribution in [0.15, 0.2) is 22.0 Å². The van der Waals surface area contributed by atoms with Crippen LogP contribution in [0.1, 0.15) is 0 Å². The zero-order chi connectivity index (χ0) is 11.0. The standard InChI is InChI=1S/C8H9N5O2/c1-12-3-5(7(14)9-8(12)15)6-4-13(2)11-10-6/h3-4H,1-2H3,(H,9,14,15). The summed E-state index contributed by atoms with van der Waals surface area (Å²) < 4.78 is 2.77. The maximum Gasteiger partial charge on any atom is 0.328 e. The number of rotatable bonds is 1. The number of nitrogens with zero attached hydrogens (tertiary/aromatic N) is 4. The van der Waals surface area contributed by atoms with Crippen LogP contribution < -0.4 is 11.2 Å². The van der Waals surface area contributed by atoms with Gasteiger partial charge in [0.15, 0.2) is 0 Å². The van der Waals surface area contributed by atoms with Crippen molar-refractivity contribution in [3.63, 3.8) is 0 Å². The molecule has 0 saturated heterocycles. The number of aromatic nitrogens is 5. The largest absolute Gasteiger partial charge is 0.328 e. The van der Waals surface area contributed by atoms with Crippen LogP contribution in [0.2, 0.25) is 0 Å². The summed E-state index contributed by atoms with van der Waals surface area (Å²) >= 11 is 0. The predicted octanol–water partition coefficient (Wildman–Crippen LogP) is -1.13. The fraction of sp³-hybridized carbons (Fsp3) is 0.250. The van der Waals surface area contributed by atoms with Crippen molar-refractivity contribution in [3.8, 4) is 11.3 Å². The Morgan fingerprint density at radius 1 is 1.27 bits per heavy atom. The Hall–Kier alpha value is -2.18. The zero-order valence-electron chi connectivity index (χ0n) is 8.26. The smallest absolute Gasteiger partial charge is 0.303 e. The lowest BCUT2D eigenvalue weighted by Gasteiger charge is -1.97. The van der Waals surface area contributed by atoms with E-state index >= 15 is 0 Å². The van der Waals surface area contributed by atoms with E-state index in [1.54, 1.807) is 20.3 Å². The molecule has 0 aromatic carbocycles. The first-order chi connectivity index (χ1) is 7.08. The SMILES string of the molecule is Cn1cc(-c2cn(C)c(=O)[nH]c2=O)nn1. The highest BCUT2D eigenvalue weighted by atomic mass is 16.2. The number of nitrogens with one attached hydrogen (secondary N) is 1. The van der Waals surface area contributed by atoms with Crippen LogP contribution in [0.3, 0.4) is 0 Å². The van der Waals surface area contributed by atoms with Crippen molar-refractivity contribution in [1.82, 2.24) is 24.5 Å². The molecule has 2 heterocycles. The molecule has 1 N–H and O–H groups in total. The molecule has 0 aliphatic heterocycles. The first-order valence-corrected chi connectivity index (χ1v) is 4.24. The Morgan fingerprint density at radius 2 is 2.00 bits per heavy atom. The van der Waals surface area contributed by atoms with Crippen LogP contribution in [0, 0.1) is 0 Å².